The van der Waals surface area contributed by atoms with E-state index in [0.717, 1.165) is 16.5 Å². The highest BCUT2D eigenvalue weighted by molar-refractivity contribution is 8.13. The van der Waals surface area contributed by atoms with Crippen molar-refractivity contribution in [2.24, 2.45) is 4.99 Å². The van der Waals surface area contributed by atoms with Crippen LogP contribution in [0.25, 0.3) is 0 Å². The monoisotopic (exact) mass is 276 g/mol. The number of nitrogens with one attached hydrogen (secondary N) is 1. The standard InChI is InChI=1S/C15H20N2OS/c18-9-11-5-7-12(8-6-11)10-19-15-16-13-3-1-2-4-14(13)17-15/h5-8,13-14,18H,1-4,9-10H2,(H,16,17). The van der Waals surface area contributed by atoms with Gasteiger partial charge in [-0.25, -0.2) is 0 Å². The number of aliphatic imine (C=N–C) groups is 1. The first-order chi connectivity index (χ1) is 9.35. The molecule has 4 heteroatoms. The van der Waals surface area contributed by atoms with Gasteiger partial charge in [-0.05, 0) is 24.0 Å². The average molecular weight is 276 g/mol. The molecule has 1 saturated carbocycles. The van der Waals surface area contributed by atoms with E-state index in [2.05, 4.69) is 17.4 Å². The van der Waals surface area contributed by atoms with Crippen LogP contribution in [0.5, 0.6) is 0 Å². The molecule has 2 N–H and O–H groups in total. The summed E-state index contributed by atoms with van der Waals surface area (Å²) >= 11 is 1.79. The summed E-state index contributed by atoms with van der Waals surface area (Å²) in [7, 11) is 0. The first-order valence-electron chi connectivity index (χ1n) is 7.01. The van der Waals surface area contributed by atoms with Crippen LogP contribution in [0.1, 0.15) is 36.8 Å². The zero-order chi connectivity index (χ0) is 13.1. The van der Waals surface area contributed by atoms with Crippen molar-refractivity contribution in [2.45, 2.75) is 50.1 Å². The largest absolute Gasteiger partial charge is 0.392 e. The van der Waals surface area contributed by atoms with Gasteiger partial charge in [-0.1, -0.05) is 48.9 Å². The number of hydrogen-bond acceptors (Lipinski definition) is 4. The van der Waals surface area contributed by atoms with Crippen LogP contribution in [-0.2, 0) is 12.4 Å². The molecule has 102 valence electrons. The van der Waals surface area contributed by atoms with Crippen LogP contribution in [0.3, 0.4) is 0 Å². The molecule has 1 aliphatic heterocycles. The summed E-state index contributed by atoms with van der Waals surface area (Å²) in [6.45, 7) is 0.116. The average Bonchev–Trinajstić information content (AvgIpc) is 2.88. The molecule has 1 fully saturated rings. The maximum atomic E-state index is 9.02. The number of aliphatic hydroxyl groups is 1. The number of thioether (sulfide) groups is 1. The zero-order valence-electron chi connectivity index (χ0n) is 11.0. The van der Waals surface area contributed by atoms with E-state index in [0.29, 0.717) is 12.1 Å². The molecule has 19 heavy (non-hydrogen) atoms. The van der Waals surface area contributed by atoms with Crippen molar-refractivity contribution in [3.05, 3.63) is 35.4 Å². The Bertz CT molecular complexity index is 458. The molecule has 0 amide bonds. The molecule has 1 aromatic rings. The minimum absolute atomic E-state index is 0.116. The minimum Gasteiger partial charge on any atom is -0.392 e. The van der Waals surface area contributed by atoms with Crippen molar-refractivity contribution in [1.82, 2.24) is 5.32 Å². The molecule has 0 radical (unpaired) electrons. The van der Waals surface area contributed by atoms with Crippen molar-refractivity contribution in [1.29, 1.82) is 0 Å². The number of aliphatic hydroxyl groups excluding tert-OH is 1. The Hall–Kier alpha value is -1.00. The van der Waals surface area contributed by atoms with Gasteiger partial charge in [-0.2, -0.15) is 0 Å². The lowest BCUT2D eigenvalue weighted by Gasteiger charge is -2.23. The fourth-order valence-electron chi connectivity index (χ4n) is 2.75. The van der Waals surface area contributed by atoms with Crippen molar-refractivity contribution in [3.63, 3.8) is 0 Å². The van der Waals surface area contributed by atoms with E-state index >= 15 is 0 Å². The van der Waals surface area contributed by atoms with Gasteiger partial charge >= 0.3 is 0 Å². The third kappa shape index (κ3) is 3.12. The highest BCUT2D eigenvalue weighted by atomic mass is 32.2. The quantitative estimate of drug-likeness (QED) is 0.892. The number of rotatable bonds is 3. The summed E-state index contributed by atoms with van der Waals surface area (Å²) in [5.41, 5.74) is 2.25. The number of benzene rings is 1. The SMILES string of the molecule is OCc1ccc(CSC2=NC3CCCCC3N2)cc1. The van der Waals surface area contributed by atoms with E-state index in [1.54, 1.807) is 11.8 Å². The predicted molar refractivity (Wildman–Crippen MR) is 80.3 cm³/mol. The van der Waals surface area contributed by atoms with Crippen molar-refractivity contribution < 1.29 is 5.11 Å². The summed E-state index contributed by atoms with van der Waals surface area (Å²) < 4.78 is 0. The van der Waals surface area contributed by atoms with Crippen LogP contribution in [0.2, 0.25) is 0 Å². The van der Waals surface area contributed by atoms with Gasteiger partial charge in [0.15, 0.2) is 5.17 Å². The molecule has 2 unspecified atom stereocenters. The van der Waals surface area contributed by atoms with E-state index < -0.39 is 0 Å². The molecule has 0 bridgehead atoms. The fraction of sp³-hybridized carbons (Fsp3) is 0.533. The van der Waals surface area contributed by atoms with E-state index in [-0.39, 0.29) is 6.61 Å². The minimum atomic E-state index is 0.116. The third-order valence-electron chi connectivity index (χ3n) is 3.90. The second-order valence-electron chi connectivity index (χ2n) is 5.30. The van der Waals surface area contributed by atoms with Crippen LogP contribution < -0.4 is 5.32 Å². The number of fused-ring (bicyclic) bond motifs is 1. The first-order valence-corrected chi connectivity index (χ1v) is 7.99. The Balaban J connectivity index is 1.54. The lowest BCUT2D eigenvalue weighted by atomic mass is 9.92. The summed E-state index contributed by atoms with van der Waals surface area (Å²) in [4.78, 5) is 4.79. The molecule has 0 spiro atoms. The van der Waals surface area contributed by atoms with Crippen LogP contribution in [0, 0.1) is 0 Å². The molecule has 0 aromatic heterocycles. The second kappa shape index (κ2) is 5.97. The van der Waals surface area contributed by atoms with Crippen LogP contribution in [-0.4, -0.2) is 22.4 Å². The van der Waals surface area contributed by atoms with Crippen LogP contribution in [0.4, 0.5) is 0 Å². The Labute approximate surface area is 118 Å². The first kappa shape index (κ1) is 13.0. The highest BCUT2D eigenvalue weighted by Gasteiger charge is 2.30. The van der Waals surface area contributed by atoms with E-state index in [4.69, 9.17) is 10.1 Å². The smallest absolute Gasteiger partial charge is 0.157 e. The van der Waals surface area contributed by atoms with Gasteiger partial charge in [-0.3, -0.25) is 4.99 Å². The van der Waals surface area contributed by atoms with E-state index in [1.165, 1.54) is 31.2 Å². The molecular formula is C15H20N2OS. The number of amidine groups is 1. The molecule has 3 rings (SSSR count). The van der Waals surface area contributed by atoms with Gasteiger partial charge in [0, 0.05) is 5.75 Å². The topological polar surface area (TPSA) is 44.6 Å². The van der Waals surface area contributed by atoms with Crippen molar-refractivity contribution in [2.75, 3.05) is 0 Å². The lowest BCUT2D eigenvalue weighted by Crippen LogP contribution is -2.36. The molecule has 0 saturated heterocycles. The normalized spacial score (nSPS) is 25.6. The molecule has 1 heterocycles. The van der Waals surface area contributed by atoms with Gasteiger partial charge in [0.25, 0.3) is 0 Å². The van der Waals surface area contributed by atoms with E-state index in [1.807, 2.05) is 12.1 Å². The Morgan fingerprint density at radius 2 is 1.89 bits per heavy atom. The lowest BCUT2D eigenvalue weighted by molar-refractivity contribution is 0.282. The summed E-state index contributed by atoms with van der Waals surface area (Å²) in [5.74, 6) is 0.941. The van der Waals surface area contributed by atoms with Crippen molar-refractivity contribution in [3.8, 4) is 0 Å². The summed E-state index contributed by atoms with van der Waals surface area (Å²) in [5, 5.41) is 13.7. The molecule has 1 aromatic carbocycles. The van der Waals surface area contributed by atoms with Crippen LogP contribution >= 0.6 is 11.8 Å². The number of hydrogen-bond donors (Lipinski definition) is 2. The Kier molecular flexibility index (Phi) is 4.09. The van der Waals surface area contributed by atoms with E-state index in [9.17, 15) is 0 Å². The zero-order valence-corrected chi connectivity index (χ0v) is 11.8. The van der Waals surface area contributed by atoms with Gasteiger partial charge < -0.3 is 10.4 Å². The Morgan fingerprint density at radius 3 is 2.63 bits per heavy atom. The van der Waals surface area contributed by atoms with Gasteiger partial charge in [0.2, 0.25) is 0 Å². The maximum absolute atomic E-state index is 9.02. The summed E-state index contributed by atoms with van der Waals surface area (Å²) in [6, 6.07) is 9.25. The summed E-state index contributed by atoms with van der Waals surface area (Å²) in [6.07, 6.45) is 5.17. The molecule has 2 atom stereocenters. The van der Waals surface area contributed by atoms with Crippen molar-refractivity contribution >= 4 is 16.9 Å². The second-order valence-corrected chi connectivity index (χ2v) is 6.26. The molecule has 2 aliphatic rings. The third-order valence-corrected chi connectivity index (χ3v) is 4.88. The molecule has 3 nitrogen and oxygen atoms in total. The van der Waals surface area contributed by atoms with Gasteiger partial charge in [0.1, 0.15) is 0 Å². The molecular weight excluding hydrogens is 256 g/mol. The highest BCUT2D eigenvalue weighted by Crippen LogP contribution is 2.28. The fourth-order valence-corrected chi connectivity index (χ4v) is 3.69. The Morgan fingerprint density at radius 1 is 1.16 bits per heavy atom. The van der Waals surface area contributed by atoms with Gasteiger partial charge in [-0.15, -0.1) is 0 Å². The van der Waals surface area contributed by atoms with Crippen LogP contribution in [0.15, 0.2) is 29.3 Å². The maximum Gasteiger partial charge on any atom is 0.157 e. The molecule has 1 aliphatic carbocycles. The van der Waals surface area contributed by atoms with Gasteiger partial charge in [0.05, 0.1) is 18.7 Å². The number of nitrogens with zero attached hydrogens (tertiary/aromatic N) is 1. The predicted octanol–water partition coefficient (Wildman–Crippen LogP) is 2.68.